The number of non-ortho nitro benzene ring substituents is 1. The van der Waals surface area contributed by atoms with Gasteiger partial charge in [-0.2, -0.15) is 0 Å². The van der Waals surface area contributed by atoms with E-state index in [9.17, 15) is 14.9 Å². The average molecular weight is 316 g/mol. The third kappa shape index (κ3) is 4.57. The summed E-state index contributed by atoms with van der Waals surface area (Å²) in [5.41, 5.74) is 5.52. The minimum Gasteiger partial charge on any atom is -0.484 e. The van der Waals surface area contributed by atoms with E-state index in [0.717, 1.165) is 6.42 Å². The van der Waals surface area contributed by atoms with Crippen LogP contribution in [0.25, 0.3) is 0 Å². The lowest BCUT2D eigenvalue weighted by atomic mass is 10.1. The molecular formula is C13H18ClN3O4. The highest BCUT2D eigenvalue weighted by molar-refractivity contribution is 5.85. The number of nitro benzene ring substituents is 1. The molecule has 1 saturated heterocycles. The first-order chi connectivity index (χ1) is 9.60. The summed E-state index contributed by atoms with van der Waals surface area (Å²) < 4.78 is 5.31. The normalized spacial score (nSPS) is 17.2. The Morgan fingerprint density at radius 2 is 2.29 bits per heavy atom. The van der Waals surface area contributed by atoms with Crippen molar-refractivity contribution in [2.45, 2.75) is 6.42 Å². The fourth-order valence-electron chi connectivity index (χ4n) is 2.17. The van der Waals surface area contributed by atoms with E-state index in [1.807, 2.05) is 0 Å². The number of nitro groups is 1. The number of nitrogens with two attached hydrogens (primary N) is 1. The summed E-state index contributed by atoms with van der Waals surface area (Å²) in [6.45, 7) is 1.82. The van der Waals surface area contributed by atoms with Gasteiger partial charge in [0.05, 0.1) is 11.0 Å². The molecule has 0 aromatic heterocycles. The van der Waals surface area contributed by atoms with Crippen LogP contribution in [0.5, 0.6) is 5.75 Å². The molecule has 116 valence electrons. The van der Waals surface area contributed by atoms with Crippen molar-refractivity contribution in [2.24, 2.45) is 11.7 Å². The maximum Gasteiger partial charge on any atom is 0.273 e. The average Bonchev–Trinajstić information content (AvgIpc) is 2.94. The Balaban J connectivity index is 0.00000220. The van der Waals surface area contributed by atoms with E-state index < -0.39 is 4.92 Å². The number of carbonyl (C=O) groups excluding carboxylic acids is 1. The second kappa shape index (κ2) is 7.80. The zero-order valence-corrected chi connectivity index (χ0v) is 12.3. The van der Waals surface area contributed by atoms with Gasteiger partial charge in [-0.1, -0.05) is 6.07 Å². The molecule has 8 heteroatoms. The summed E-state index contributed by atoms with van der Waals surface area (Å²) in [7, 11) is 0. The molecule has 1 atom stereocenters. The Labute approximate surface area is 128 Å². The number of nitrogens with zero attached hydrogens (tertiary/aromatic N) is 2. The number of amides is 1. The van der Waals surface area contributed by atoms with Crippen LogP contribution in [0.3, 0.4) is 0 Å². The maximum absolute atomic E-state index is 11.9. The van der Waals surface area contributed by atoms with E-state index >= 15 is 0 Å². The topological polar surface area (TPSA) is 98.7 Å². The molecule has 0 bridgehead atoms. The second-order valence-electron chi connectivity index (χ2n) is 4.77. The van der Waals surface area contributed by atoms with Crippen molar-refractivity contribution >= 4 is 24.0 Å². The van der Waals surface area contributed by atoms with Gasteiger partial charge in [-0.15, -0.1) is 12.4 Å². The van der Waals surface area contributed by atoms with E-state index in [-0.39, 0.29) is 30.6 Å². The highest BCUT2D eigenvalue weighted by Gasteiger charge is 2.25. The molecule has 1 aliphatic heterocycles. The molecule has 0 spiro atoms. The van der Waals surface area contributed by atoms with Gasteiger partial charge in [0, 0.05) is 19.2 Å². The molecule has 0 radical (unpaired) electrons. The number of carbonyl (C=O) groups is 1. The summed E-state index contributed by atoms with van der Waals surface area (Å²) in [5, 5.41) is 10.6. The van der Waals surface area contributed by atoms with Crippen molar-refractivity contribution in [1.29, 1.82) is 0 Å². The van der Waals surface area contributed by atoms with Crippen LogP contribution in [-0.2, 0) is 4.79 Å². The number of hydrogen-bond donors (Lipinski definition) is 1. The monoisotopic (exact) mass is 315 g/mol. The van der Waals surface area contributed by atoms with Crippen molar-refractivity contribution in [3.8, 4) is 5.75 Å². The first-order valence-electron chi connectivity index (χ1n) is 6.45. The van der Waals surface area contributed by atoms with Crippen molar-refractivity contribution in [1.82, 2.24) is 4.90 Å². The standard InChI is InChI=1S/C13H17N3O4.ClH/c14-7-10-4-5-15(8-10)13(17)9-20-12-3-1-2-11(6-12)16(18)19;/h1-3,6,10H,4-5,7-9,14H2;1H. The van der Waals surface area contributed by atoms with Crippen LogP contribution in [0.15, 0.2) is 24.3 Å². The molecule has 21 heavy (non-hydrogen) atoms. The Kier molecular flexibility index (Phi) is 6.39. The third-order valence-electron chi connectivity index (χ3n) is 3.36. The molecule has 1 aliphatic rings. The Bertz CT molecular complexity index is 512. The fraction of sp³-hybridized carbons (Fsp3) is 0.462. The van der Waals surface area contributed by atoms with E-state index in [0.29, 0.717) is 31.3 Å². The number of rotatable bonds is 5. The van der Waals surface area contributed by atoms with Gasteiger partial charge < -0.3 is 15.4 Å². The zero-order chi connectivity index (χ0) is 14.5. The molecule has 2 rings (SSSR count). The van der Waals surface area contributed by atoms with Gasteiger partial charge in [0.25, 0.3) is 11.6 Å². The molecule has 7 nitrogen and oxygen atoms in total. The largest absolute Gasteiger partial charge is 0.484 e. The molecule has 1 aromatic rings. The number of benzene rings is 1. The highest BCUT2D eigenvalue weighted by atomic mass is 35.5. The van der Waals surface area contributed by atoms with E-state index in [4.69, 9.17) is 10.5 Å². The van der Waals surface area contributed by atoms with E-state index in [2.05, 4.69) is 0 Å². The predicted molar refractivity (Wildman–Crippen MR) is 79.6 cm³/mol. The smallest absolute Gasteiger partial charge is 0.273 e. The van der Waals surface area contributed by atoms with Crippen molar-refractivity contribution in [2.75, 3.05) is 26.2 Å². The number of hydrogen-bond acceptors (Lipinski definition) is 5. The lowest BCUT2D eigenvalue weighted by Gasteiger charge is -2.16. The minimum absolute atomic E-state index is 0. The predicted octanol–water partition coefficient (Wildman–Crippen LogP) is 1.20. The van der Waals surface area contributed by atoms with Crippen LogP contribution in [-0.4, -0.2) is 42.0 Å². The molecule has 0 saturated carbocycles. The molecule has 1 amide bonds. The van der Waals surface area contributed by atoms with Gasteiger partial charge in [-0.3, -0.25) is 14.9 Å². The lowest BCUT2D eigenvalue weighted by molar-refractivity contribution is -0.384. The van der Waals surface area contributed by atoms with E-state index in [1.54, 1.807) is 11.0 Å². The van der Waals surface area contributed by atoms with Gasteiger partial charge in [-0.25, -0.2) is 0 Å². The molecular weight excluding hydrogens is 298 g/mol. The third-order valence-corrected chi connectivity index (χ3v) is 3.36. The molecule has 0 aliphatic carbocycles. The summed E-state index contributed by atoms with van der Waals surface area (Å²) in [4.78, 5) is 23.8. The van der Waals surface area contributed by atoms with Gasteiger partial charge in [0.15, 0.2) is 6.61 Å². The molecule has 1 unspecified atom stereocenters. The van der Waals surface area contributed by atoms with Crippen molar-refractivity contribution in [3.63, 3.8) is 0 Å². The van der Waals surface area contributed by atoms with E-state index in [1.165, 1.54) is 18.2 Å². The van der Waals surface area contributed by atoms with Crippen LogP contribution < -0.4 is 10.5 Å². The van der Waals surface area contributed by atoms with Crippen LogP contribution in [0, 0.1) is 16.0 Å². The summed E-state index contributed by atoms with van der Waals surface area (Å²) in [6, 6.07) is 5.80. The molecule has 1 heterocycles. The first kappa shape index (κ1) is 17.2. The first-order valence-corrected chi connectivity index (χ1v) is 6.45. The van der Waals surface area contributed by atoms with Crippen LogP contribution in [0.1, 0.15) is 6.42 Å². The van der Waals surface area contributed by atoms with Gasteiger partial charge in [0.2, 0.25) is 0 Å². The van der Waals surface area contributed by atoms with Crippen LogP contribution in [0.4, 0.5) is 5.69 Å². The Hall–Kier alpha value is -1.86. The van der Waals surface area contributed by atoms with Gasteiger partial charge in [-0.05, 0) is 24.9 Å². The SMILES string of the molecule is Cl.NCC1CCN(C(=O)COc2cccc([N+](=O)[O-])c2)C1. The summed E-state index contributed by atoms with van der Waals surface area (Å²) in [6.07, 6.45) is 0.916. The molecule has 2 N–H and O–H groups in total. The molecule has 1 fully saturated rings. The Morgan fingerprint density at radius 3 is 2.90 bits per heavy atom. The van der Waals surface area contributed by atoms with Crippen LogP contribution in [0.2, 0.25) is 0 Å². The highest BCUT2D eigenvalue weighted by Crippen LogP contribution is 2.20. The van der Waals surface area contributed by atoms with Crippen molar-refractivity contribution < 1.29 is 14.5 Å². The molecule has 1 aromatic carbocycles. The maximum atomic E-state index is 11.9. The Morgan fingerprint density at radius 1 is 1.52 bits per heavy atom. The summed E-state index contributed by atoms with van der Waals surface area (Å²) in [5.74, 6) is 0.561. The summed E-state index contributed by atoms with van der Waals surface area (Å²) >= 11 is 0. The number of halogens is 1. The van der Waals surface area contributed by atoms with Gasteiger partial charge >= 0.3 is 0 Å². The second-order valence-corrected chi connectivity index (χ2v) is 4.77. The quantitative estimate of drug-likeness (QED) is 0.650. The van der Waals surface area contributed by atoms with Crippen molar-refractivity contribution in [3.05, 3.63) is 34.4 Å². The fourth-order valence-corrected chi connectivity index (χ4v) is 2.17. The zero-order valence-electron chi connectivity index (χ0n) is 11.4. The lowest BCUT2D eigenvalue weighted by Crippen LogP contribution is -2.33. The van der Waals surface area contributed by atoms with Crippen LogP contribution >= 0.6 is 12.4 Å². The minimum atomic E-state index is -0.499. The van der Waals surface area contributed by atoms with Gasteiger partial charge in [0.1, 0.15) is 5.75 Å². The number of ether oxygens (including phenoxy) is 1. The number of likely N-dealkylation sites (tertiary alicyclic amines) is 1.